The Morgan fingerprint density at radius 2 is 1.67 bits per heavy atom. The molecule has 1 N–H and O–H groups in total. The number of rotatable bonds is 4. The van der Waals surface area contributed by atoms with Gasteiger partial charge in [0.15, 0.2) is 5.82 Å². The van der Waals surface area contributed by atoms with Gasteiger partial charge in [0.2, 0.25) is 0 Å². The molecule has 0 amide bonds. The van der Waals surface area contributed by atoms with Crippen LogP contribution >= 0.6 is 0 Å². The molecule has 0 saturated carbocycles. The van der Waals surface area contributed by atoms with Gasteiger partial charge < -0.3 is 5.32 Å². The molecule has 0 radical (unpaired) electrons. The van der Waals surface area contributed by atoms with E-state index in [0.29, 0.717) is 11.5 Å². The maximum Gasteiger partial charge on any atom is 0.416 e. The van der Waals surface area contributed by atoms with Crippen molar-refractivity contribution in [3.63, 3.8) is 0 Å². The molecule has 0 aliphatic carbocycles. The summed E-state index contributed by atoms with van der Waals surface area (Å²) in [6.45, 7) is 0.772. The predicted molar refractivity (Wildman–Crippen MR) is 84.6 cm³/mol. The second-order valence-electron chi connectivity index (χ2n) is 5.28. The van der Waals surface area contributed by atoms with E-state index in [1.165, 1.54) is 23.1 Å². The SMILES string of the molecule is CNCc1ccc(-c2ncn(-c3ccc(C(F)(F)F)cc3)n2)cc1. The fourth-order valence-electron chi connectivity index (χ4n) is 2.30. The van der Waals surface area contributed by atoms with Gasteiger partial charge in [-0.2, -0.15) is 13.2 Å². The zero-order chi connectivity index (χ0) is 17.2. The highest BCUT2D eigenvalue weighted by Crippen LogP contribution is 2.29. The van der Waals surface area contributed by atoms with Crippen LogP contribution in [0.4, 0.5) is 13.2 Å². The Morgan fingerprint density at radius 1 is 1.00 bits per heavy atom. The number of halogens is 3. The van der Waals surface area contributed by atoms with Crippen LogP contribution < -0.4 is 5.32 Å². The van der Waals surface area contributed by atoms with Crippen LogP contribution in [0.5, 0.6) is 0 Å². The molecule has 0 atom stereocenters. The molecule has 0 aliphatic heterocycles. The summed E-state index contributed by atoms with van der Waals surface area (Å²) in [6, 6.07) is 12.6. The van der Waals surface area contributed by atoms with Crippen LogP contribution in [0.2, 0.25) is 0 Å². The summed E-state index contributed by atoms with van der Waals surface area (Å²) >= 11 is 0. The first-order valence-electron chi connectivity index (χ1n) is 7.30. The molecule has 0 saturated heterocycles. The van der Waals surface area contributed by atoms with E-state index in [2.05, 4.69) is 15.4 Å². The largest absolute Gasteiger partial charge is 0.416 e. The Morgan fingerprint density at radius 3 is 2.25 bits per heavy atom. The molecule has 3 aromatic rings. The number of hydrogen-bond acceptors (Lipinski definition) is 3. The molecule has 0 spiro atoms. The van der Waals surface area contributed by atoms with E-state index in [-0.39, 0.29) is 0 Å². The van der Waals surface area contributed by atoms with Crippen LogP contribution in [0, 0.1) is 0 Å². The lowest BCUT2D eigenvalue weighted by atomic mass is 10.1. The van der Waals surface area contributed by atoms with Gasteiger partial charge >= 0.3 is 6.18 Å². The summed E-state index contributed by atoms with van der Waals surface area (Å²) in [5.41, 5.74) is 1.82. The molecule has 0 bridgehead atoms. The summed E-state index contributed by atoms with van der Waals surface area (Å²) in [7, 11) is 1.88. The van der Waals surface area contributed by atoms with Crippen LogP contribution in [-0.2, 0) is 12.7 Å². The van der Waals surface area contributed by atoms with Crippen LogP contribution in [0.3, 0.4) is 0 Å². The molecule has 1 aromatic heterocycles. The third-order valence-electron chi connectivity index (χ3n) is 3.54. The molecular formula is C17H15F3N4. The van der Waals surface area contributed by atoms with Crippen molar-refractivity contribution in [2.45, 2.75) is 12.7 Å². The number of alkyl halides is 3. The third kappa shape index (κ3) is 3.46. The van der Waals surface area contributed by atoms with Crippen molar-refractivity contribution < 1.29 is 13.2 Å². The van der Waals surface area contributed by atoms with Crippen molar-refractivity contribution in [3.8, 4) is 17.1 Å². The van der Waals surface area contributed by atoms with E-state index in [1.807, 2.05) is 31.3 Å². The van der Waals surface area contributed by atoms with Gasteiger partial charge in [0, 0.05) is 12.1 Å². The Hall–Kier alpha value is -2.67. The minimum atomic E-state index is -4.35. The normalized spacial score (nSPS) is 11.7. The van der Waals surface area contributed by atoms with Crippen LogP contribution in [0.1, 0.15) is 11.1 Å². The first-order valence-corrected chi connectivity index (χ1v) is 7.30. The maximum absolute atomic E-state index is 12.6. The Bertz CT molecular complexity index is 805. The molecule has 3 rings (SSSR count). The van der Waals surface area contributed by atoms with Crippen molar-refractivity contribution in [2.24, 2.45) is 0 Å². The lowest BCUT2D eigenvalue weighted by Gasteiger charge is -2.07. The molecule has 0 fully saturated rings. The van der Waals surface area contributed by atoms with E-state index >= 15 is 0 Å². The molecule has 2 aromatic carbocycles. The lowest BCUT2D eigenvalue weighted by Crippen LogP contribution is -2.05. The number of nitrogens with one attached hydrogen (secondary N) is 1. The topological polar surface area (TPSA) is 42.7 Å². The average Bonchev–Trinajstić information content (AvgIpc) is 3.05. The first-order chi connectivity index (χ1) is 11.5. The van der Waals surface area contributed by atoms with E-state index in [4.69, 9.17) is 0 Å². The number of benzene rings is 2. The van der Waals surface area contributed by atoms with Crippen molar-refractivity contribution in [1.29, 1.82) is 0 Å². The summed E-state index contributed by atoms with van der Waals surface area (Å²) in [5, 5.41) is 7.40. The van der Waals surface area contributed by atoms with Gasteiger partial charge in [-0.15, -0.1) is 5.10 Å². The second-order valence-corrected chi connectivity index (χ2v) is 5.28. The van der Waals surface area contributed by atoms with Gasteiger partial charge in [-0.1, -0.05) is 24.3 Å². The lowest BCUT2D eigenvalue weighted by molar-refractivity contribution is -0.137. The molecule has 0 unspecified atom stereocenters. The highest BCUT2D eigenvalue weighted by molar-refractivity contribution is 5.55. The van der Waals surface area contributed by atoms with E-state index in [1.54, 1.807) is 0 Å². The van der Waals surface area contributed by atoms with Crippen molar-refractivity contribution in [2.75, 3.05) is 7.05 Å². The smallest absolute Gasteiger partial charge is 0.316 e. The van der Waals surface area contributed by atoms with Gasteiger partial charge in [-0.3, -0.25) is 0 Å². The number of hydrogen-bond donors (Lipinski definition) is 1. The van der Waals surface area contributed by atoms with E-state index in [0.717, 1.165) is 29.8 Å². The quantitative estimate of drug-likeness (QED) is 0.793. The standard InChI is InChI=1S/C17H15F3N4/c1-21-10-12-2-4-13(5-3-12)16-22-11-24(23-16)15-8-6-14(7-9-15)17(18,19)20/h2-9,11,21H,10H2,1H3. The van der Waals surface area contributed by atoms with Gasteiger partial charge in [0.25, 0.3) is 0 Å². The zero-order valence-electron chi connectivity index (χ0n) is 12.9. The van der Waals surface area contributed by atoms with Gasteiger partial charge in [-0.25, -0.2) is 9.67 Å². The van der Waals surface area contributed by atoms with E-state index in [9.17, 15) is 13.2 Å². The summed E-state index contributed by atoms with van der Waals surface area (Å²) in [5.74, 6) is 0.519. The third-order valence-corrected chi connectivity index (χ3v) is 3.54. The van der Waals surface area contributed by atoms with Gasteiger partial charge in [0.05, 0.1) is 11.3 Å². The van der Waals surface area contributed by atoms with Crippen LogP contribution in [0.15, 0.2) is 54.9 Å². The van der Waals surface area contributed by atoms with Crippen LogP contribution in [0.25, 0.3) is 17.1 Å². The summed E-state index contributed by atoms with van der Waals surface area (Å²) in [4.78, 5) is 4.22. The second kappa shape index (κ2) is 6.45. The van der Waals surface area contributed by atoms with Crippen molar-refractivity contribution in [1.82, 2.24) is 20.1 Å². The summed E-state index contributed by atoms with van der Waals surface area (Å²) in [6.07, 6.45) is -2.86. The predicted octanol–water partition coefficient (Wildman–Crippen LogP) is 3.67. The highest BCUT2D eigenvalue weighted by Gasteiger charge is 2.30. The monoisotopic (exact) mass is 332 g/mol. The fourth-order valence-corrected chi connectivity index (χ4v) is 2.30. The highest BCUT2D eigenvalue weighted by atomic mass is 19.4. The molecule has 1 heterocycles. The van der Waals surface area contributed by atoms with Gasteiger partial charge in [-0.05, 0) is 36.9 Å². The van der Waals surface area contributed by atoms with Crippen molar-refractivity contribution in [3.05, 3.63) is 66.0 Å². The van der Waals surface area contributed by atoms with Gasteiger partial charge in [0.1, 0.15) is 6.33 Å². The molecule has 0 aliphatic rings. The van der Waals surface area contributed by atoms with Crippen molar-refractivity contribution >= 4 is 0 Å². The summed E-state index contributed by atoms with van der Waals surface area (Å²) < 4.78 is 39.2. The number of aromatic nitrogens is 3. The molecule has 24 heavy (non-hydrogen) atoms. The zero-order valence-corrected chi connectivity index (χ0v) is 12.9. The van der Waals surface area contributed by atoms with Crippen LogP contribution in [-0.4, -0.2) is 21.8 Å². The minimum absolute atomic E-state index is 0.519. The van der Waals surface area contributed by atoms with E-state index < -0.39 is 11.7 Å². The molecule has 4 nitrogen and oxygen atoms in total. The Balaban J connectivity index is 1.82. The maximum atomic E-state index is 12.6. The molecular weight excluding hydrogens is 317 g/mol. The molecule has 7 heteroatoms. The fraction of sp³-hybridized carbons (Fsp3) is 0.176. The molecule has 124 valence electrons. The Labute approximate surface area is 137 Å². The first kappa shape index (κ1) is 16.2. The Kier molecular flexibility index (Phi) is 4.35. The number of nitrogens with zero attached hydrogens (tertiary/aromatic N) is 3. The minimum Gasteiger partial charge on any atom is -0.316 e. The average molecular weight is 332 g/mol.